The predicted molar refractivity (Wildman–Crippen MR) is 122 cm³/mol. The van der Waals surface area contributed by atoms with Crippen molar-refractivity contribution in [3.63, 3.8) is 0 Å². The van der Waals surface area contributed by atoms with Crippen molar-refractivity contribution in [2.75, 3.05) is 57.8 Å². The number of hydrogen-bond acceptors (Lipinski definition) is 6. The van der Waals surface area contributed by atoms with Crippen LogP contribution in [0.1, 0.15) is 12.8 Å². The summed E-state index contributed by atoms with van der Waals surface area (Å²) in [6.07, 6.45) is 4.16. The molecule has 0 saturated carbocycles. The zero-order valence-corrected chi connectivity index (χ0v) is 20.3. The molecule has 0 bridgehead atoms. The first-order chi connectivity index (χ1) is 14.2. The lowest BCUT2D eigenvalue weighted by atomic mass is 9.98. The smallest absolute Gasteiger partial charge is 0.356 e. The molecule has 0 unspecified atom stereocenters. The predicted octanol–water partition coefficient (Wildman–Crippen LogP) is 1.35. The average molecular weight is 577 g/mol. The van der Waals surface area contributed by atoms with Crippen LogP contribution in [0.3, 0.4) is 0 Å². The molecule has 2 saturated heterocycles. The summed E-state index contributed by atoms with van der Waals surface area (Å²) in [5.41, 5.74) is -5.24. The highest BCUT2D eigenvalue weighted by Gasteiger charge is 2.50. The molecule has 0 atom stereocenters. The fourth-order valence-corrected chi connectivity index (χ4v) is 4.63. The van der Waals surface area contributed by atoms with Crippen molar-refractivity contribution in [2.45, 2.75) is 18.3 Å². The minimum Gasteiger partial charge on any atom is -0.356 e. The number of sulfonamides is 1. The van der Waals surface area contributed by atoms with Crippen molar-refractivity contribution in [1.82, 2.24) is 24.5 Å². The second kappa shape index (κ2) is 10.9. The van der Waals surface area contributed by atoms with Gasteiger partial charge in [0.15, 0.2) is 5.96 Å². The normalized spacial score (nSPS) is 19.8. The molecule has 3 rings (SSSR count). The van der Waals surface area contributed by atoms with Crippen LogP contribution in [0.15, 0.2) is 23.5 Å². The third kappa shape index (κ3) is 6.31. The molecule has 2 aliphatic rings. The molecule has 2 aliphatic heterocycles. The summed E-state index contributed by atoms with van der Waals surface area (Å²) < 4.78 is 61.6. The van der Waals surface area contributed by atoms with E-state index >= 15 is 0 Å². The Bertz CT molecular complexity index is 826. The minimum atomic E-state index is -5.24. The van der Waals surface area contributed by atoms with Gasteiger partial charge in [-0.05, 0) is 24.8 Å². The minimum absolute atomic E-state index is 0. The zero-order chi connectivity index (χ0) is 21.8. The first-order valence-electron chi connectivity index (χ1n) is 9.76. The van der Waals surface area contributed by atoms with Gasteiger partial charge in [-0.2, -0.15) is 17.5 Å². The second-order valence-corrected chi connectivity index (χ2v) is 9.17. The number of guanidine groups is 1. The summed E-state index contributed by atoms with van der Waals surface area (Å²) >= 11 is 0. The maximum atomic E-state index is 12.7. The Morgan fingerprint density at radius 3 is 2.23 bits per heavy atom. The molecule has 2 fully saturated rings. The van der Waals surface area contributed by atoms with Crippen LogP contribution in [0.5, 0.6) is 0 Å². The van der Waals surface area contributed by atoms with Crippen LogP contribution in [0.25, 0.3) is 0 Å². The molecule has 0 amide bonds. The lowest BCUT2D eigenvalue weighted by Crippen LogP contribution is -2.54. The van der Waals surface area contributed by atoms with Crippen LogP contribution < -0.4 is 10.2 Å². The molecule has 9 nitrogen and oxygen atoms in total. The van der Waals surface area contributed by atoms with E-state index in [2.05, 4.69) is 30.1 Å². The van der Waals surface area contributed by atoms with Crippen LogP contribution in [-0.2, 0) is 10.0 Å². The summed E-state index contributed by atoms with van der Waals surface area (Å²) in [5, 5.41) is 3.28. The third-order valence-electron chi connectivity index (χ3n) is 5.38. The second-order valence-electron chi connectivity index (χ2n) is 7.24. The standard InChI is InChI=1S/C17H26F3N7O2S.HI/c1-21-15(25-9-11-26(12-10-25)16-22-5-2-6-23-16)24-13-14-3-7-27(8-4-14)30(28,29)17(18,19)20;/h2,5-6,14H,3-4,7-13H2,1H3,(H,21,24);1H. The molecule has 0 radical (unpaired) electrons. The van der Waals surface area contributed by atoms with Crippen LogP contribution in [0, 0.1) is 5.92 Å². The fraction of sp³-hybridized carbons (Fsp3) is 0.706. The van der Waals surface area contributed by atoms with E-state index in [1.54, 1.807) is 25.5 Å². The molecule has 176 valence electrons. The van der Waals surface area contributed by atoms with Gasteiger partial charge in [-0.3, -0.25) is 4.99 Å². The highest BCUT2D eigenvalue weighted by atomic mass is 127. The molecule has 0 aliphatic carbocycles. The van der Waals surface area contributed by atoms with Gasteiger partial charge in [0.2, 0.25) is 5.95 Å². The van der Waals surface area contributed by atoms with E-state index in [1.807, 2.05) is 0 Å². The SMILES string of the molecule is CN=C(NCC1CCN(S(=O)(=O)C(F)(F)F)CC1)N1CCN(c2ncccn2)CC1.I. The van der Waals surface area contributed by atoms with E-state index < -0.39 is 15.5 Å². The van der Waals surface area contributed by atoms with Gasteiger partial charge in [0.25, 0.3) is 0 Å². The maximum Gasteiger partial charge on any atom is 0.511 e. The average Bonchev–Trinajstić information content (AvgIpc) is 2.75. The highest BCUT2D eigenvalue weighted by molar-refractivity contribution is 14.0. The Morgan fingerprint density at radius 1 is 1.13 bits per heavy atom. The molecule has 31 heavy (non-hydrogen) atoms. The molecule has 3 heterocycles. The number of piperazine rings is 1. The Morgan fingerprint density at radius 2 is 1.71 bits per heavy atom. The quantitative estimate of drug-likeness (QED) is 0.328. The van der Waals surface area contributed by atoms with Gasteiger partial charge < -0.3 is 15.1 Å². The van der Waals surface area contributed by atoms with Crippen LogP contribution in [0.4, 0.5) is 19.1 Å². The molecule has 14 heteroatoms. The van der Waals surface area contributed by atoms with E-state index in [4.69, 9.17) is 0 Å². The zero-order valence-electron chi connectivity index (χ0n) is 17.1. The number of hydrogen-bond donors (Lipinski definition) is 1. The number of aromatic nitrogens is 2. The van der Waals surface area contributed by atoms with E-state index in [9.17, 15) is 21.6 Å². The molecule has 1 aromatic heterocycles. The van der Waals surface area contributed by atoms with Crippen LogP contribution in [0.2, 0.25) is 0 Å². The van der Waals surface area contributed by atoms with Crippen LogP contribution in [-0.4, -0.2) is 91.9 Å². The molecule has 1 aromatic rings. The molecule has 0 aromatic carbocycles. The Hall–Kier alpha value is -1.42. The number of aliphatic imine (C=N–C) groups is 1. The van der Waals surface area contributed by atoms with E-state index in [1.165, 1.54) is 0 Å². The van der Waals surface area contributed by atoms with Crippen molar-refractivity contribution in [3.05, 3.63) is 18.5 Å². The number of piperidine rings is 1. The number of nitrogens with one attached hydrogen (secondary N) is 1. The Kier molecular flexibility index (Phi) is 9.12. The summed E-state index contributed by atoms with van der Waals surface area (Å²) in [5.74, 6) is 1.51. The largest absolute Gasteiger partial charge is 0.511 e. The van der Waals surface area contributed by atoms with Gasteiger partial charge in [-0.15, -0.1) is 24.0 Å². The van der Waals surface area contributed by atoms with E-state index in [0.717, 1.165) is 32.1 Å². The number of rotatable bonds is 4. The lowest BCUT2D eigenvalue weighted by Gasteiger charge is -2.37. The summed E-state index contributed by atoms with van der Waals surface area (Å²) in [6, 6.07) is 1.77. The van der Waals surface area contributed by atoms with Gasteiger partial charge in [0.1, 0.15) is 0 Å². The Labute approximate surface area is 197 Å². The van der Waals surface area contributed by atoms with Crippen molar-refractivity contribution in [3.8, 4) is 0 Å². The molecular formula is C17H27F3IN7O2S. The highest BCUT2D eigenvalue weighted by Crippen LogP contribution is 2.30. The molecule has 1 N–H and O–H groups in total. The van der Waals surface area contributed by atoms with Gasteiger partial charge in [0.05, 0.1) is 0 Å². The van der Waals surface area contributed by atoms with Crippen molar-refractivity contribution < 1.29 is 21.6 Å². The Balaban J connectivity index is 0.00000341. The fourth-order valence-electron chi connectivity index (χ4n) is 3.64. The number of halogens is 4. The van der Waals surface area contributed by atoms with Crippen molar-refractivity contribution >= 4 is 45.9 Å². The van der Waals surface area contributed by atoms with E-state index in [0.29, 0.717) is 29.6 Å². The van der Waals surface area contributed by atoms with Gasteiger partial charge in [-0.25, -0.2) is 18.4 Å². The monoisotopic (exact) mass is 577 g/mol. The van der Waals surface area contributed by atoms with Gasteiger partial charge in [-0.1, -0.05) is 0 Å². The molecule has 0 spiro atoms. The first-order valence-corrected chi connectivity index (χ1v) is 11.2. The van der Waals surface area contributed by atoms with Gasteiger partial charge in [0, 0.05) is 65.3 Å². The lowest BCUT2D eigenvalue weighted by molar-refractivity contribution is -0.0496. The summed E-state index contributed by atoms with van der Waals surface area (Å²) in [7, 11) is -3.55. The van der Waals surface area contributed by atoms with Crippen LogP contribution >= 0.6 is 24.0 Å². The third-order valence-corrected chi connectivity index (χ3v) is 7.01. The maximum absolute atomic E-state index is 12.7. The molecular weight excluding hydrogens is 550 g/mol. The summed E-state index contributed by atoms with van der Waals surface area (Å²) in [6.45, 7) is 3.26. The number of anilines is 1. The summed E-state index contributed by atoms with van der Waals surface area (Å²) in [4.78, 5) is 17.0. The topological polar surface area (TPSA) is 94.0 Å². The van der Waals surface area contributed by atoms with Gasteiger partial charge >= 0.3 is 15.5 Å². The first kappa shape index (κ1) is 25.8. The van der Waals surface area contributed by atoms with Crippen molar-refractivity contribution in [1.29, 1.82) is 0 Å². The van der Waals surface area contributed by atoms with E-state index in [-0.39, 0.29) is 43.0 Å². The number of alkyl halides is 3. The van der Waals surface area contributed by atoms with Crippen molar-refractivity contribution in [2.24, 2.45) is 10.9 Å². The number of nitrogens with zero attached hydrogens (tertiary/aromatic N) is 6.